The monoisotopic (exact) mass is 810 g/mol. The molecule has 0 unspecified atom stereocenters. The van der Waals surface area contributed by atoms with E-state index < -0.39 is 6.16 Å². The van der Waals surface area contributed by atoms with E-state index in [1.165, 1.54) is 0 Å². The van der Waals surface area contributed by atoms with Gasteiger partial charge in [-0.25, -0.2) is 4.79 Å². The van der Waals surface area contributed by atoms with Crippen molar-refractivity contribution < 1.29 is 43.5 Å². The number of nitrogens with one attached hydrogen (secondary N) is 2. The van der Waals surface area contributed by atoms with Gasteiger partial charge >= 0.3 is 6.16 Å². The molecule has 11 heteroatoms. The normalized spacial score (nSPS) is 10.9. The lowest BCUT2D eigenvalue weighted by molar-refractivity contribution is 0.0930. The second kappa shape index (κ2) is 23.8. The van der Waals surface area contributed by atoms with Gasteiger partial charge in [-0.05, 0) is 72.7 Å². The van der Waals surface area contributed by atoms with Crippen molar-refractivity contribution in [3.63, 3.8) is 0 Å². The van der Waals surface area contributed by atoms with Crippen molar-refractivity contribution in [2.75, 3.05) is 6.54 Å². The molecule has 4 N–H and O–H groups in total. The van der Waals surface area contributed by atoms with Crippen LogP contribution in [0.5, 0.6) is 23.0 Å². The Bertz CT molecular complexity index is 2220. The molecule has 310 valence electrons. The van der Waals surface area contributed by atoms with Crippen LogP contribution in [0.4, 0.5) is 4.79 Å². The molecule has 0 bridgehead atoms. The lowest BCUT2D eigenvalue weighted by atomic mass is 10.1. The summed E-state index contributed by atoms with van der Waals surface area (Å²) in [5, 5.41) is 20.1. The molecule has 6 aromatic rings. The van der Waals surface area contributed by atoms with E-state index in [4.69, 9.17) is 34.0 Å². The first kappa shape index (κ1) is 43.8. The van der Waals surface area contributed by atoms with E-state index in [-0.39, 0.29) is 17.9 Å². The average Bonchev–Trinajstić information content (AvgIpc) is 3.27. The number of hydrogen-bond donors (Lipinski definition) is 4. The van der Waals surface area contributed by atoms with Gasteiger partial charge in [0.15, 0.2) is 23.0 Å². The summed E-state index contributed by atoms with van der Waals surface area (Å²) in [4.78, 5) is 35.7. The van der Waals surface area contributed by atoms with Gasteiger partial charge < -0.3 is 39.8 Å². The SMILES string of the molecule is C[C@H](CCCCNC(=O)c1cccc(OCc2ccccc2)c1OCc1ccccc1)NC(=O)c1cccc(OCc2ccccc2)c1OCc1ccccc1.O=C(O)O. The van der Waals surface area contributed by atoms with Crippen molar-refractivity contribution in [3.8, 4) is 23.0 Å². The molecule has 0 saturated carbocycles. The number of rotatable bonds is 20. The number of carbonyl (C=O) groups excluding carboxylic acids is 2. The molecule has 6 aromatic carbocycles. The van der Waals surface area contributed by atoms with E-state index in [1.807, 2.05) is 140 Å². The molecule has 11 nitrogen and oxygen atoms in total. The topological polar surface area (TPSA) is 153 Å². The van der Waals surface area contributed by atoms with Gasteiger partial charge in [0.1, 0.15) is 26.4 Å². The van der Waals surface area contributed by atoms with E-state index in [1.54, 1.807) is 24.3 Å². The van der Waals surface area contributed by atoms with Gasteiger partial charge in [-0.15, -0.1) is 0 Å². The zero-order chi connectivity index (χ0) is 42.4. The van der Waals surface area contributed by atoms with Crippen molar-refractivity contribution in [2.24, 2.45) is 0 Å². The van der Waals surface area contributed by atoms with Crippen LogP contribution in [0.2, 0.25) is 0 Å². The predicted octanol–water partition coefficient (Wildman–Crippen LogP) is 9.94. The van der Waals surface area contributed by atoms with Gasteiger partial charge in [0.25, 0.3) is 11.8 Å². The number of amides is 2. The molecule has 0 fully saturated rings. The summed E-state index contributed by atoms with van der Waals surface area (Å²) >= 11 is 0. The number of para-hydroxylation sites is 2. The number of unbranched alkanes of at least 4 members (excludes halogenated alkanes) is 1. The van der Waals surface area contributed by atoms with Crippen LogP contribution in [0.3, 0.4) is 0 Å². The molecule has 0 aliphatic heterocycles. The molecule has 0 aromatic heterocycles. The molecule has 2 amide bonds. The molecule has 0 aliphatic carbocycles. The van der Waals surface area contributed by atoms with Crippen molar-refractivity contribution in [2.45, 2.75) is 58.7 Å². The van der Waals surface area contributed by atoms with Gasteiger partial charge in [0.2, 0.25) is 0 Å². The fourth-order valence-corrected chi connectivity index (χ4v) is 6.09. The Morgan fingerprint density at radius 2 is 0.850 bits per heavy atom. The lowest BCUT2D eigenvalue weighted by Gasteiger charge is -2.19. The quantitative estimate of drug-likeness (QED) is 0.0552. The standard InChI is InChI=1S/C48H48N2O6.CH2O3/c1-36(50-48(52)42-28-17-30-44(54-33-38-21-8-3-9-22-38)46(42)56-35-40-25-12-5-13-26-40)18-14-15-31-49-47(51)41-27-16-29-43(53-32-37-19-6-2-7-20-37)45(41)55-34-39-23-10-4-11-24-39;2-1(3)4/h2-13,16-17,19-30,36H,14-15,18,31-35H2,1H3,(H,49,51)(H,50,52);(H2,2,3,4)/t36-;/m1./s1. The highest BCUT2D eigenvalue weighted by atomic mass is 16.6. The molecule has 60 heavy (non-hydrogen) atoms. The first-order chi connectivity index (χ1) is 29.3. The Kier molecular flexibility index (Phi) is 17.4. The van der Waals surface area contributed by atoms with Crippen molar-refractivity contribution in [3.05, 3.63) is 191 Å². The summed E-state index contributed by atoms with van der Waals surface area (Å²) < 4.78 is 24.8. The maximum Gasteiger partial charge on any atom is 0.503 e. The van der Waals surface area contributed by atoms with Crippen molar-refractivity contribution in [1.82, 2.24) is 10.6 Å². The minimum atomic E-state index is -1.83. The Morgan fingerprint density at radius 3 is 1.25 bits per heavy atom. The van der Waals surface area contributed by atoms with Crippen LogP contribution in [-0.2, 0) is 26.4 Å². The van der Waals surface area contributed by atoms with Crippen LogP contribution >= 0.6 is 0 Å². The van der Waals surface area contributed by atoms with Gasteiger partial charge in [-0.3, -0.25) is 9.59 Å². The van der Waals surface area contributed by atoms with Crippen LogP contribution in [0.1, 0.15) is 69.2 Å². The molecule has 1 atom stereocenters. The summed E-state index contributed by atoms with van der Waals surface area (Å²) in [7, 11) is 0. The number of hydrogen-bond acceptors (Lipinski definition) is 7. The number of ether oxygens (including phenoxy) is 4. The summed E-state index contributed by atoms with van der Waals surface area (Å²) in [6.07, 6.45) is 0.405. The van der Waals surface area contributed by atoms with Crippen LogP contribution < -0.4 is 29.6 Å². The third-order valence-electron chi connectivity index (χ3n) is 9.10. The summed E-state index contributed by atoms with van der Waals surface area (Å²) in [6, 6.07) is 50.0. The van der Waals surface area contributed by atoms with Crippen LogP contribution in [0.15, 0.2) is 158 Å². The fourth-order valence-electron chi connectivity index (χ4n) is 6.09. The van der Waals surface area contributed by atoms with Crippen LogP contribution in [-0.4, -0.2) is 40.8 Å². The molecule has 0 radical (unpaired) electrons. The highest BCUT2D eigenvalue weighted by Gasteiger charge is 2.21. The largest absolute Gasteiger partial charge is 0.503 e. The summed E-state index contributed by atoms with van der Waals surface area (Å²) in [5.74, 6) is 1.34. The van der Waals surface area contributed by atoms with Crippen LogP contribution in [0, 0.1) is 0 Å². The maximum absolute atomic E-state index is 13.7. The first-order valence-corrected chi connectivity index (χ1v) is 19.7. The van der Waals surface area contributed by atoms with E-state index in [2.05, 4.69) is 10.6 Å². The van der Waals surface area contributed by atoms with Gasteiger partial charge in [0.05, 0.1) is 11.1 Å². The van der Waals surface area contributed by atoms with E-state index >= 15 is 0 Å². The molecule has 0 saturated heterocycles. The Labute approximate surface area is 350 Å². The molecular weight excluding hydrogens is 761 g/mol. The van der Waals surface area contributed by atoms with Gasteiger partial charge in [0, 0.05) is 12.6 Å². The Hall–Kier alpha value is -7.27. The smallest absolute Gasteiger partial charge is 0.485 e. The summed E-state index contributed by atoms with van der Waals surface area (Å²) in [6.45, 7) is 3.72. The fraction of sp³-hybridized carbons (Fsp3) is 0.204. The van der Waals surface area contributed by atoms with E-state index in [0.717, 1.165) is 41.5 Å². The zero-order valence-electron chi connectivity index (χ0n) is 33.5. The Balaban J connectivity index is 0.00000163. The minimum Gasteiger partial charge on any atom is -0.485 e. The zero-order valence-corrected chi connectivity index (χ0v) is 33.5. The number of carboxylic acid groups (broad SMARTS) is 2. The average molecular weight is 811 g/mol. The first-order valence-electron chi connectivity index (χ1n) is 19.7. The number of benzene rings is 6. The predicted molar refractivity (Wildman–Crippen MR) is 230 cm³/mol. The molecule has 0 heterocycles. The number of carbonyl (C=O) groups is 3. The molecule has 6 rings (SSSR count). The van der Waals surface area contributed by atoms with Crippen LogP contribution in [0.25, 0.3) is 0 Å². The van der Waals surface area contributed by atoms with Gasteiger partial charge in [-0.2, -0.15) is 0 Å². The Morgan fingerprint density at radius 1 is 0.483 bits per heavy atom. The second-order valence-corrected chi connectivity index (χ2v) is 13.8. The third-order valence-corrected chi connectivity index (χ3v) is 9.10. The van der Waals surface area contributed by atoms with Gasteiger partial charge in [-0.1, -0.05) is 133 Å². The molecule has 0 aliphatic rings. The highest BCUT2D eigenvalue weighted by Crippen LogP contribution is 2.34. The van der Waals surface area contributed by atoms with Crippen molar-refractivity contribution in [1.29, 1.82) is 0 Å². The lowest BCUT2D eigenvalue weighted by Crippen LogP contribution is -2.33. The van der Waals surface area contributed by atoms with E-state index in [0.29, 0.717) is 67.1 Å². The molecule has 0 spiro atoms. The minimum absolute atomic E-state index is 0.120. The molecular formula is C49H50N2O9. The van der Waals surface area contributed by atoms with Crippen molar-refractivity contribution >= 4 is 18.0 Å². The second-order valence-electron chi connectivity index (χ2n) is 13.8. The summed E-state index contributed by atoms with van der Waals surface area (Å²) in [5.41, 5.74) is 4.81. The highest BCUT2D eigenvalue weighted by molar-refractivity contribution is 5.98. The maximum atomic E-state index is 13.7. The third kappa shape index (κ3) is 14.6. The van der Waals surface area contributed by atoms with E-state index in [9.17, 15) is 9.59 Å².